The lowest BCUT2D eigenvalue weighted by molar-refractivity contribution is 0.589. The summed E-state index contributed by atoms with van der Waals surface area (Å²) in [6.07, 6.45) is 0. The zero-order valence-corrected chi connectivity index (χ0v) is 36.7. The van der Waals surface area contributed by atoms with Crippen molar-refractivity contribution >= 4 is 78.6 Å². The zero-order chi connectivity index (χ0) is 40.3. The summed E-state index contributed by atoms with van der Waals surface area (Å²) in [5, 5.41) is 3.50. The lowest BCUT2D eigenvalue weighted by Crippen LogP contribution is -2.61. The van der Waals surface area contributed by atoms with Crippen LogP contribution in [0.15, 0.2) is 115 Å². The van der Waals surface area contributed by atoms with Gasteiger partial charge >= 0.3 is 0 Å². The highest BCUT2D eigenvalue weighted by molar-refractivity contribution is 7.17. The molecule has 3 heterocycles. The Labute approximate surface area is 345 Å². The maximum absolute atomic E-state index is 2.61. The SMILES string of the molecule is Cc1cc2c3c(c1)N(c1c(C)cc(C(C)(C)C)cc1C)c1ccc(-c4ccc5ccsc5c4)cc1B3c1cc(C(C)(C)C)ccc1N2c1ccc(C(C)(C)C)cc1. The van der Waals surface area contributed by atoms with Gasteiger partial charge in [-0.2, -0.15) is 0 Å². The van der Waals surface area contributed by atoms with E-state index in [0.717, 1.165) is 0 Å². The molecule has 9 rings (SSSR count). The number of thiophene rings is 1. The van der Waals surface area contributed by atoms with E-state index < -0.39 is 0 Å². The minimum Gasteiger partial charge on any atom is -0.311 e. The average Bonchev–Trinajstić information content (AvgIpc) is 3.62. The van der Waals surface area contributed by atoms with Gasteiger partial charge in [-0.25, -0.2) is 0 Å². The van der Waals surface area contributed by atoms with Gasteiger partial charge in [0.05, 0.1) is 5.69 Å². The third kappa shape index (κ3) is 6.23. The molecule has 7 aromatic rings. The molecule has 2 aliphatic rings. The first-order valence-corrected chi connectivity index (χ1v) is 21.5. The van der Waals surface area contributed by atoms with Gasteiger partial charge in [0.15, 0.2) is 0 Å². The Morgan fingerprint density at radius 3 is 1.67 bits per heavy atom. The molecule has 6 aromatic carbocycles. The number of rotatable bonds is 3. The summed E-state index contributed by atoms with van der Waals surface area (Å²) in [4.78, 5) is 5.16. The number of fused-ring (bicyclic) bond motifs is 5. The van der Waals surface area contributed by atoms with Gasteiger partial charge in [0.1, 0.15) is 0 Å². The number of anilines is 6. The van der Waals surface area contributed by atoms with Crippen molar-refractivity contribution in [2.75, 3.05) is 9.80 Å². The Bertz CT molecular complexity index is 2710. The van der Waals surface area contributed by atoms with Crippen molar-refractivity contribution in [1.29, 1.82) is 0 Å². The Morgan fingerprint density at radius 1 is 0.474 bits per heavy atom. The van der Waals surface area contributed by atoms with E-state index in [4.69, 9.17) is 0 Å². The largest absolute Gasteiger partial charge is 0.311 e. The monoisotopic (exact) mass is 762 g/mol. The summed E-state index contributed by atoms with van der Waals surface area (Å²) in [5.41, 5.74) is 22.2. The van der Waals surface area contributed by atoms with Crippen LogP contribution >= 0.6 is 11.3 Å². The van der Waals surface area contributed by atoms with Gasteiger partial charge in [0, 0.05) is 33.1 Å². The van der Waals surface area contributed by atoms with Gasteiger partial charge in [0.2, 0.25) is 0 Å². The second-order valence-electron chi connectivity index (χ2n) is 19.8. The van der Waals surface area contributed by atoms with Gasteiger partial charge in [-0.15, -0.1) is 11.3 Å². The molecular weight excluding hydrogens is 707 g/mol. The summed E-state index contributed by atoms with van der Waals surface area (Å²) in [6, 6.07) is 42.8. The Balaban J connectivity index is 1.37. The molecule has 0 aliphatic carbocycles. The van der Waals surface area contributed by atoms with Crippen LogP contribution in [0.2, 0.25) is 0 Å². The Morgan fingerprint density at radius 2 is 1.02 bits per heavy atom. The normalized spacial score (nSPS) is 13.9. The summed E-state index contributed by atoms with van der Waals surface area (Å²) in [7, 11) is 0. The predicted molar refractivity (Wildman–Crippen MR) is 252 cm³/mol. The van der Waals surface area contributed by atoms with Crippen molar-refractivity contribution in [3.8, 4) is 11.1 Å². The minimum absolute atomic E-state index is 0.00484. The molecule has 0 saturated carbocycles. The average molecular weight is 763 g/mol. The summed E-state index contributed by atoms with van der Waals surface area (Å²) in [5.74, 6) is 0. The third-order valence-electron chi connectivity index (χ3n) is 12.4. The lowest BCUT2D eigenvalue weighted by atomic mass is 9.33. The van der Waals surface area contributed by atoms with Crippen LogP contribution in [0.4, 0.5) is 34.1 Å². The fraction of sp³-hybridized carbons (Fsp3) is 0.283. The highest BCUT2D eigenvalue weighted by atomic mass is 32.1. The van der Waals surface area contributed by atoms with Crippen molar-refractivity contribution in [2.24, 2.45) is 0 Å². The summed E-state index contributed by atoms with van der Waals surface area (Å²) >= 11 is 1.82. The molecular formula is C53H55BN2S. The van der Waals surface area contributed by atoms with Gasteiger partial charge < -0.3 is 9.80 Å². The van der Waals surface area contributed by atoms with Gasteiger partial charge in [-0.1, -0.05) is 123 Å². The maximum Gasteiger partial charge on any atom is 0.252 e. The molecule has 2 nitrogen and oxygen atoms in total. The van der Waals surface area contributed by atoms with E-state index >= 15 is 0 Å². The van der Waals surface area contributed by atoms with Gasteiger partial charge in [-0.05, 0) is 157 Å². The van der Waals surface area contributed by atoms with Gasteiger partial charge in [0.25, 0.3) is 6.71 Å². The van der Waals surface area contributed by atoms with Crippen molar-refractivity contribution in [2.45, 2.75) is 99.3 Å². The van der Waals surface area contributed by atoms with E-state index in [0.29, 0.717) is 0 Å². The molecule has 0 N–H and O–H groups in total. The third-order valence-corrected chi connectivity index (χ3v) is 13.3. The molecule has 0 atom stereocenters. The van der Waals surface area contributed by atoms with Crippen molar-refractivity contribution in [3.05, 3.63) is 148 Å². The minimum atomic E-state index is -0.00484. The predicted octanol–water partition coefficient (Wildman–Crippen LogP) is 13.5. The second-order valence-corrected chi connectivity index (χ2v) is 20.7. The van der Waals surface area contributed by atoms with Crippen LogP contribution in [-0.2, 0) is 16.2 Å². The molecule has 0 radical (unpaired) electrons. The smallest absolute Gasteiger partial charge is 0.252 e. The van der Waals surface area contributed by atoms with Gasteiger partial charge in [-0.3, -0.25) is 0 Å². The van der Waals surface area contributed by atoms with E-state index in [1.54, 1.807) is 0 Å². The fourth-order valence-corrected chi connectivity index (χ4v) is 10.1. The standard InChI is InChI=1S/C53H55BN2S/c1-32-25-46-49-47(26-32)56(50-33(2)27-40(28-34(50)3)53(10,11)12)45-21-15-36(37-14-13-35-23-24-57-48(35)30-37)29-42(45)54(49)43-31-39(52(7,8)9)18-22-44(43)55(46)41-19-16-38(17-20-41)51(4,5)6/h13-31H,1-12H3. The first-order valence-electron chi connectivity index (χ1n) is 20.6. The Hall–Kier alpha value is -5.06. The fourth-order valence-electron chi connectivity index (χ4n) is 9.29. The van der Waals surface area contributed by atoms with E-state index in [9.17, 15) is 0 Å². The van der Waals surface area contributed by atoms with Crippen molar-refractivity contribution < 1.29 is 0 Å². The van der Waals surface area contributed by atoms with Crippen LogP contribution < -0.4 is 26.2 Å². The molecule has 57 heavy (non-hydrogen) atoms. The number of hydrogen-bond acceptors (Lipinski definition) is 3. The molecule has 0 unspecified atom stereocenters. The van der Waals surface area contributed by atoms with Crippen LogP contribution in [0, 0.1) is 20.8 Å². The maximum atomic E-state index is 2.61. The van der Waals surface area contributed by atoms with Crippen LogP contribution in [0.3, 0.4) is 0 Å². The topological polar surface area (TPSA) is 6.48 Å². The molecule has 2 aliphatic heterocycles. The quantitative estimate of drug-likeness (QED) is 0.165. The highest BCUT2D eigenvalue weighted by Gasteiger charge is 2.44. The number of hydrogen-bond donors (Lipinski definition) is 0. The molecule has 0 bridgehead atoms. The van der Waals surface area contributed by atoms with Crippen LogP contribution in [0.25, 0.3) is 21.2 Å². The molecule has 286 valence electrons. The van der Waals surface area contributed by atoms with Crippen molar-refractivity contribution in [3.63, 3.8) is 0 Å². The zero-order valence-electron chi connectivity index (χ0n) is 35.8. The molecule has 4 heteroatoms. The highest BCUT2D eigenvalue weighted by Crippen LogP contribution is 2.48. The summed E-state index contributed by atoms with van der Waals surface area (Å²) in [6.45, 7) is 27.8. The van der Waals surface area contributed by atoms with Crippen LogP contribution in [0.1, 0.15) is 95.7 Å². The number of aryl methyl sites for hydroxylation is 3. The van der Waals surface area contributed by atoms with E-state index in [2.05, 4.69) is 207 Å². The molecule has 0 spiro atoms. The first kappa shape index (κ1) is 37.5. The Kier molecular flexibility index (Phi) is 8.54. The molecule has 0 fully saturated rings. The number of nitrogens with zero attached hydrogens (tertiary/aromatic N) is 2. The molecule has 0 amide bonds. The molecule has 0 saturated heterocycles. The number of benzene rings is 6. The lowest BCUT2D eigenvalue weighted by Gasteiger charge is -2.45. The summed E-state index contributed by atoms with van der Waals surface area (Å²) < 4.78 is 1.33. The van der Waals surface area contributed by atoms with Crippen LogP contribution in [-0.4, -0.2) is 6.71 Å². The van der Waals surface area contributed by atoms with Crippen LogP contribution in [0.5, 0.6) is 0 Å². The van der Waals surface area contributed by atoms with E-state index in [1.165, 1.54) is 105 Å². The van der Waals surface area contributed by atoms with Crippen molar-refractivity contribution in [1.82, 2.24) is 0 Å². The van der Waals surface area contributed by atoms with E-state index in [-0.39, 0.29) is 23.0 Å². The second kappa shape index (κ2) is 13.0. The van der Waals surface area contributed by atoms with E-state index in [1.807, 2.05) is 11.3 Å². The first-order chi connectivity index (χ1) is 26.9. The molecule has 1 aromatic heterocycles.